The van der Waals surface area contributed by atoms with Crippen molar-refractivity contribution < 1.29 is 23.8 Å². The van der Waals surface area contributed by atoms with Gasteiger partial charge in [-0.05, 0) is 49.7 Å². The van der Waals surface area contributed by atoms with Crippen molar-refractivity contribution in [1.29, 1.82) is 0 Å². The molecule has 0 N–H and O–H groups in total. The van der Waals surface area contributed by atoms with E-state index in [-0.39, 0.29) is 11.8 Å². The largest absolute Gasteiger partial charge is 0.496 e. The first-order valence-electron chi connectivity index (χ1n) is 10.2. The number of nitrogens with zero attached hydrogens (tertiary/aromatic N) is 2. The summed E-state index contributed by atoms with van der Waals surface area (Å²) in [6, 6.07) is 12.1. The molecular weight excluding hydrogens is 420 g/mol. The number of methoxy groups -OCH3 is 2. The third-order valence-corrected chi connectivity index (χ3v) is 5.46. The molecule has 7 nitrogen and oxygen atoms in total. The number of amides is 2. The number of hydrogen-bond donors (Lipinski definition) is 0. The van der Waals surface area contributed by atoms with Crippen molar-refractivity contribution in [1.82, 2.24) is 9.80 Å². The molecule has 31 heavy (non-hydrogen) atoms. The second kappa shape index (κ2) is 10.4. The molecular formula is C23H27ClN2O5. The highest BCUT2D eigenvalue weighted by Gasteiger charge is 2.29. The first kappa shape index (κ1) is 22.7. The third-order valence-electron chi connectivity index (χ3n) is 5.21. The number of ether oxygens (including phenoxy) is 3. The van der Waals surface area contributed by atoms with Gasteiger partial charge in [-0.1, -0.05) is 17.7 Å². The van der Waals surface area contributed by atoms with Crippen molar-refractivity contribution in [2.45, 2.75) is 19.4 Å². The predicted octanol–water partition coefficient (Wildman–Crippen LogP) is 3.50. The summed E-state index contributed by atoms with van der Waals surface area (Å²) in [5.41, 5.74) is 0.395. The molecule has 0 aromatic heterocycles. The van der Waals surface area contributed by atoms with E-state index in [2.05, 4.69) is 0 Å². The van der Waals surface area contributed by atoms with Crippen LogP contribution in [-0.2, 0) is 4.79 Å². The Hall–Kier alpha value is -2.93. The van der Waals surface area contributed by atoms with Crippen LogP contribution < -0.4 is 14.2 Å². The molecule has 2 aromatic carbocycles. The molecule has 0 spiro atoms. The molecule has 1 aliphatic rings. The van der Waals surface area contributed by atoms with E-state index in [9.17, 15) is 9.59 Å². The number of hydrogen-bond acceptors (Lipinski definition) is 5. The van der Waals surface area contributed by atoms with Gasteiger partial charge >= 0.3 is 0 Å². The fourth-order valence-electron chi connectivity index (χ4n) is 3.59. The topological polar surface area (TPSA) is 68.3 Å². The highest BCUT2D eigenvalue weighted by atomic mass is 35.5. The molecule has 0 aliphatic carbocycles. The van der Waals surface area contributed by atoms with E-state index in [1.165, 1.54) is 14.2 Å². The summed E-state index contributed by atoms with van der Waals surface area (Å²) in [5.74, 6) is 1.23. The lowest BCUT2D eigenvalue weighted by atomic mass is 10.1. The first-order valence-corrected chi connectivity index (χ1v) is 10.5. The van der Waals surface area contributed by atoms with E-state index < -0.39 is 6.10 Å². The standard InChI is InChI=1S/C23H27ClN2O5/c1-16(31-18-10-8-17(24)9-11-18)22(27)25-12-5-13-26(15-14-25)23(28)21-19(29-2)6-4-7-20(21)30-3/h4,6-11,16H,5,12-15H2,1-3H3. The Balaban J connectivity index is 1.65. The van der Waals surface area contributed by atoms with Gasteiger partial charge in [-0.3, -0.25) is 9.59 Å². The van der Waals surface area contributed by atoms with Gasteiger partial charge in [0.25, 0.3) is 11.8 Å². The zero-order chi connectivity index (χ0) is 22.4. The lowest BCUT2D eigenvalue weighted by Crippen LogP contribution is -2.43. The maximum atomic E-state index is 13.2. The number of benzene rings is 2. The van der Waals surface area contributed by atoms with Crippen LogP contribution in [0, 0.1) is 0 Å². The van der Waals surface area contributed by atoms with Crippen LogP contribution in [0.4, 0.5) is 0 Å². The minimum absolute atomic E-state index is 0.112. The lowest BCUT2D eigenvalue weighted by Gasteiger charge is -2.25. The monoisotopic (exact) mass is 446 g/mol. The van der Waals surface area contributed by atoms with Crippen molar-refractivity contribution in [3.8, 4) is 17.2 Å². The van der Waals surface area contributed by atoms with Crippen molar-refractivity contribution in [2.24, 2.45) is 0 Å². The first-order chi connectivity index (χ1) is 14.9. The van der Waals surface area contributed by atoms with Gasteiger partial charge in [0.1, 0.15) is 22.8 Å². The fraction of sp³-hybridized carbons (Fsp3) is 0.391. The summed E-state index contributed by atoms with van der Waals surface area (Å²) < 4.78 is 16.5. The van der Waals surface area contributed by atoms with Crippen LogP contribution >= 0.6 is 11.6 Å². The Morgan fingerprint density at radius 3 is 2.10 bits per heavy atom. The SMILES string of the molecule is COc1cccc(OC)c1C(=O)N1CCCN(C(=O)C(C)Oc2ccc(Cl)cc2)CC1. The Morgan fingerprint density at radius 2 is 1.48 bits per heavy atom. The van der Waals surface area contributed by atoms with Crippen LogP contribution in [0.25, 0.3) is 0 Å². The minimum Gasteiger partial charge on any atom is -0.496 e. The summed E-state index contributed by atoms with van der Waals surface area (Å²) in [5, 5.41) is 0.607. The van der Waals surface area contributed by atoms with Crippen molar-refractivity contribution in [3.05, 3.63) is 53.1 Å². The van der Waals surface area contributed by atoms with Crippen LogP contribution in [0.15, 0.2) is 42.5 Å². The number of carbonyl (C=O) groups excluding carboxylic acids is 2. The van der Waals surface area contributed by atoms with E-state index >= 15 is 0 Å². The number of halogens is 1. The van der Waals surface area contributed by atoms with Gasteiger partial charge in [-0.2, -0.15) is 0 Å². The van der Waals surface area contributed by atoms with Gasteiger partial charge in [0.05, 0.1) is 14.2 Å². The third kappa shape index (κ3) is 5.41. The van der Waals surface area contributed by atoms with Crippen LogP contribution in [0.3, 0.4) is 0 Å². The lowest BCUT2D eigenvalue weighted by molar-refractivity contribution is -0.137. The summed E-state index contributed by atoms with van der Waals surface area (Å²) in [6.45, 7) is 3.66. The Morgan fingerprint density at radius 1 is 0.903 bits per heavy atom. The molecule has 1 fully saturated rings. The molecule has 2 aromatic rings. The molecule has 0 bridgehead atoms. The number of carbonyl (C=O) groups is 2. The normalized spacial score (nSPS) is 15.1. The molecule has 1 heterocycles. The van der Waals surface area contributed by atoms with E-state index in [0.29, 0.717) is 60.4 Å². The maximum absolute atomic E-state index is 13.2. The zero-order valence-electron chi connectivity index (χ0n) is 18.0. The average molecular weight is 447 g/mol. The van der Waals surface area contributed by atoms with Gasteiger partial charge in [0.2, 0.25) is 0 Å². The zero-order valence-corrected chi connectivity index (χ0v) is 18.7. The van der Waals surface area contributed by atoms with E-state index in [4.69, 9.17) is 25.8 Å². The molecule has 3 rings (SSSR count). The molecule has 0 radical (unpaired) electrons. The van der Waals surface area contributed by atoms with E-state index in [1.54, 1.807) is 59.2 Å². The Bertz CT molecular complexity index is 896. The van der Waals surface area contributed by atoms with Crippen molar-refractivity contribution in [2.75, 3.05) is 40.4 Å². The highest BCUT2D eigenvalue weighted by Crippen LogP contribution is 2.30. The molecule has 0 saturated carbocycles. The summed E-state index contributed by atoms with van der Waals surface area (Å²) in [4.78, 5) is 29.6. The predicted molar refractivity (Wildman–Crippen MR) is 118 cm³/mol. The van der Waals surface area contributed by atoms with Gasteiger partial charge in [0, 0.05) is 31.2 Å². The van der Waals surface area contributed by atoms with E-state index in [1.807, 2.05) is 0 Å². The van der Waals surface area contributed by atoms with Gasteiger partial charge in [-0.15, -0.1) is 0 Å². The van der Waals surface area contributed by atoms with Crippen LogP contribution in [-0.4, -0.2) is 68.1 Å². The summed E-state index contributed by atoms with van der Waals surface area (Å²) in [6.07, 6.45) is 0.0283. The molecule has 1 saturated heterocycles. The van der Waals surface area contributed by atoms with Gasteiger partial charge < -0.3 is 24.0 Å². The molecule has 2 amide bonds. The quantitative estimate of drug-likeness (QED) is 0.679. The molecule has 1 atom stereocenters. The van der Waals surface area contributed by atoms with Crippen LogP contribution in [0.2, 0.25) is 5.02 Å². The van der Waals surface area contributed by atoms with Crippen molar-refractivity contribution >= 4 is 23.4 Å². The fourth-order valence-corrected chi connectivity index (χ4v) is 3.71. The average Bonchev–Trinajstić information content (AvgIpc) is 3.05. The highest BCUT2D eigenvalue weighted by molar-refractivity contribution is 6.30. The summed E-state index contributed by atoms with van der Waals surface area (Å²) in [7, 11) is 3.05. The molecule has 1 aliphatic heterocycles. The maximum Gasteiger partial charge on any atom is 0.263 e. The number of rotatable bonds is 6. The Kier molecular flexibility index (Phi) is 7.63. The van der Waals surface area contributed by atoms with Crippen LogP contribution in [0.5, 0.6) is 17.2 Å². The Labute approximate surface area is 187 Å². The minimum atomic E-state index is -0.641. The van der Waals surface area contributed by atoms with Gasteiger partial charge in [-0.25, -0.2) is 0 Å². The summed E-state index contributed by atoms with van der Waals surface area (Å²) >= 11 is 5.89. The van der Waals surface area contributed by atoms with Crippen LogP contribution in [0.1, 0.15) is 23.7 Å². The second-order valence-corrected chi connectivity index (χ2v) is 7.66. The second-order valence-electron chi connectivity index (χ2n) is 7.22. The van der Waals surface area contributed by atoms with Gasteiger partial charge in [0.15, 0.2) is 6.10 Å². The smallest absolute Gasteiger partial charge is 0.263 e. The van der Waals surface area contributed by atoms with E-state index in [0.717, 1.165) is 0 Å². The molecule has 1 unspecified atom stereocenters. The molecule has 8 heteroatoms. The molecule has 166 valence electrons. The van der Waals surface area contributed by atoms with Crippen molar-refractivity contribution in [3.63, 3.8) is 0 Å².